The number of rotatable bonds is 2. The number of benzene rings is 1. The molecule has 2 amide bonds. The second-order valence-corrected chi connectivity index (χ2v) is 3.16. The zero-order valence-corrected chi connectivity index (χ0v) is 9.02. The van der Waals surface area contributed by atoms with Gasteiger partial charge in [0.05, 0.1) is 11.3 Å². The Hall–Kier alpha value is -2.35. The summed E-state index contributed by atoms with van der Waals surface area (Å²) < 4.78 is 0. The van der Waals surface area contributed by atoms with Gasteiger partial charge in [0, 0.05) is 14.0 Å². The van der Waals surface area contributed by atoms with E-state index in [1.165, 1.54) is 11.8 Å². The molecule has 1 N–H and O–H groups in total. The Bertz CT molecular complexity index is 463. The van der Waals surface area contributed by atoms with Gasteiger partial charge in [-0.25, -0.2) is 0 Å². The third-order valence-electron chi connectivity index (χ3n) is 2.15. The molecule has 0 aliphatic rings. The summed E-state index contributed by atoms with van der Waals surface area (Å²) in [5.74, 6) is -0.705. The van der Waals surface area contributed by atoms with Crippen LogP contribution in [0.1, 0.15) is 17.3 Å². The summed E-state index contributed by atoms with van der Waals surface area (Å²) in [6, 6.07) is 6.59. The maximum Gasteiger partial charge on any atom is 0.266 e. The van der Waals surface area contributed by atoms with Gasteiger partial charge in [0.1, 0.15) is 0 Å². The molecule has 0 unspecified atom stereocenters. The van der Waals surface area contributed by atoms with Crippen molar-refractivity contribution in [3.8, 4) is 6.19 Å². The number of hydrogen-bond acceptors (Lipinski definition) is 3. The highest BCUT2D eigenvalue weighted by Crippen LogP contribution is 2.18. The number of nitrogens with one attached hydrogen (secondary N) is 1. The minimum Gasteiger partial charge on any atom is -0.315 e. The molecule has 5 nitrogen and oxygen atoms in total. The highest BCUT2D eigenvalue weighted by atomic mass is 16.2. The highest BCUT2D eigenvalue weighted by molar-refractivity contribution is 6.04. The number of carbonyl (C=O) groups excluding carboxylic acids is 2. The van der Waals surface area contributed by atoms with E-state index in [2.05, 4.69) is 0 Å². The molecule has 5 heteroatoms. The minimum absolute atomic E-state index is 0.183. The van der Waals surface area contributed by atoms with Crippen molar-refractivity contribution in [2.75, 3.05) is 11.9 Å². The molecule has 0 aliphatic heterocycles. The number of anilines is 1. The van der Waals surface area contributed by atoms with Crippen molar-refractivity contribution in [2.45, 2.75) is 6.92 Å². The molecule has 0 saturated carbocycles. The highest BCUT2D eigenvalue weighted by Gasteiger charge is 2.15. The SMILES string of the molecule is CC(=O)N(C)c1ccccc1C(=O)NC#N. The molecule has 0 saturated heterocycles. The average Bonchev–Trinajstić information content (AvgIpc) is 2.28. The molecule has 1 aromatic rings. The Kier molecular flexibility index (Phi) is 3.62. The normalized spacial score (nSPS) is 9.06. The van der Waals surface area contributed by atoms with E-state index in [1.807, 2.05) is 5.32 Å². The van der Waals surface area contributed by atoms with Crippen LogP contribution in [0.4, 0.5) is 5.69 Å². The van der Waals surface area contributed by atoms with E-state index in [4.69, 9.17) is 5.26 Å². The van der Waals surface area contributed by atoms with Gasteiger partial charge in [-0.3, -0.25) is 14.9 Å². The van der Waals surface area contributed by atoms with Gasteiger partial charge in [-0.1, -0.05) is 12.1 Å². The maximum atomic E-state index is 11.5. The Morgan fingerprint density at radius 1 is 1.38 bits per heavy atom. The lowest BCUT2D eigenvalue weighted by Crippen LogP contribution is -2.27. The van der Waals surface area contributed by atoms with Gasteiger partial charge >= 0.3 is 0 Å². The van der Waals surface area contributed by atoms with Crippen LogP contribution in [0.2, 0.25) is 0 Å². The first-order valence-electron chi connectivity index (χ1n) is 4.60. The van der Waals surface area contributed by atoms with E-state index in [1.54, 1.807) is 37.5 Å². The molecule has 16 heavy (non-hydrogen) atoms. The van der Waals surface area contributed by atoms with Gasteiger partial charge in [-0.05, 0) is 12.1 Å². The van der Waals surface area contributed by atoms with E-state index >= 15 is 0 Å². The van der Waals surface area contributed by atoms with Gasteiger partial charge in [0.15, 0.2) is 6.19 Å². The second kappa shape index (κ2) is 4.94. The van der Waals surface area contributed by atoms with Crippen molar-refractivity contribution >= 4 is 17.5 Å². The van der Waals surface area contributed by atoms with E-state index in [0.29, 0.717) is 11.3 Å². The van der Waals surface area contributed by atoms with Crippen LogP contribution in [0.15, 0.2) is 24.3 Å². The summed E-state index contributed by atoms with van der Waals surface area (Å²) in [7, 11) is 1.57. The first kappa shape index (κ1) is 11.7. The lowest BCUT2D eigenvalue weighted by molar-refractivity contribution is -0.116. The van der Waals surface area contributed by atoms with Crippen molar-refractivity contribution in [1.82, 2.24) is 5.32 Å². The second-order valence-electron chi connectivity index (χ2n) is 3.16. The van der Waals surface area contributed by atoms with Gasteiger partial charge < -0.3 is 4.90 Å². The third kappa shape index (κ3) is 2.36. The topological polar surface area (TPSA) is 73.2 Å². The third-order valence-corrected chi connectivity index (χ3v) is 2.15. The minimum atomic E-state index is -0.522. The molecule has 0 heterocycles. The fourth-order valence-electron chi connectivity index (χ4n) is 1.25. The smallest absolute Gasteiger partial charge is 0.266 e. The van der Waals surface area contributed by atoms with Crippen LogP contribution in [0.3, 0.4) is 0 Å². The van der Waals surface area contributed by atoms with Crippen LogP contribution in [-0.2, 0) is 4.79 Å². The van der Waals surface area contributed by atoms with Crippen LogP contribution in [-0.4, -0.2) is 18.9 Å². The summed E-state index contributed by atoms with van der Waals surface area (Å²) in [5, 5.41) is 10.4. The quantitative estimate of drug-likeness (QED) is 0.590. The molecule has 0 aromatic heterocycles. The molecule has 0 aliphatic carbocycles. The van der Waals surface area contributed by atoms with Gasteiger partial charge in [0.25, 0.3) is 5.91 Å². The number of hydrogen-bond donors (Lipinski definition) is 1. The van der Waals surface area contributed by atoms with Crippen molar-refractivity contribution in [3.63, 3.8) is 0 Å². The summed E-state index contributed by atoms with van der Waals surface area (Å²) in [6.07, 6.45) is 1.56. The van der Waals surface area contributed by atoms with Gasteiger partial charge in [-0.15, -0.1) is 0 Å². The summed E-state index contributed by atoms with van der Waals surface area (Å²) >= 11 is 0. The van der Waals surface area contributed by atoms with E-state index < -0.39 is 5.91 Å². The lowest BCUT2D eigenvalue weighted by Gasteiger charge is -2.17. The van der Waals surface area contributed by atoms with Crippen LogP contribution in [0.5, 0.6) is 0 Å². The molecule has 0 atom stereocenters. The van der Waals surface area contributed by atoms with Gasteiger partial charge in [-0.2, -0.15) is 5.26 Å². The predicted molar refractivity (Wildman–Crippen MR) is 58.6 cm³/mol. The molecular formula is C11H11N3O2. The number of carbonyl (C=O) groups is 2. The van der Waals surface area contributed by atoms with Crippen molar-refractivity contribution < 1.29 is 9.59 Å². The van der Waals surface area contributed by atoms with Crippen LogP contribution < -0.4 is 10.2 Å². The zero-order valence-electron chi connectivity index (χ0n) is 9.02. The molecule has 0 radical (unpaired) electrons. The fourth-order valence-corrected chi connectivity index (χ4v) is 1.25. The number of para-hydroxylation sites is 1. The molecule has 1 rings (SSSR count). The summed E-state index contributed by atoms with van der Waals surface area (Å²) in [5.41, 5.74) is 0.768. The van der Waals surface area contributed by atoms with Crippen molar-refractivity contribution in [1.29, 1.82) is 5.26 Å². The zero-order chi connectivity index (χ0) is 12.1. The van der Waals surface area contributed by atoms with Crippen LogP contribution in [0, 0.1) is 11.5 Å². The number of nitrogens with zero attached hydrogens (tertiary/aromatic N) is 2. The monoisotopic (exact) mass is 217 g/mol. The van der Waals surface area contributed by atoms with Gasteiger partial charge in [0.2, 0.25) is 5.91 Å². The van der Waals surface area contributed by atoms with Crippen LogP contribution in [0.25, 0.3) is 0 Å². The molecule has 1 aromatic carbocycles. The standard InChI is InChI=1S/C11H11N3O2/c1-8(15)14(2)10-6-4-3-5-9(10)11(16)13-7-12/h3-6H,1-2H3,(H,13,16). The maximum absolute atomic E-state index is 11.5. The van der Waals surface area contributed by atoms with E-state index in [-0.39, 0.29) is 5.91 Å². The molecular weight excluding hydrogens is 206 g/mol. The predicted octanol–water partition coefficient (Wildman–Crippen LogP) is 0.880. The average molecular weight is 217 g/mol. The first-order valence-corrected chi connectivity index (χ1v) is 4.60. The van der Waals surface area contributed by atoms with E-state index in [9.17, 15) is 9.59 Å². The number of nitriles is 1. The Morgan fingerprint density at radius 2 is 2.00 bits per heavy atom. The Morgan fingerprint density at radius 3 is 2.56 bits per heavy atom. The summed E-state index contributed by atoms with van der Waals surface area (Å²) in [4.78, 5) is 24.1. The molecule has 0 spiro atoms. The molecule has 82 valence electrons. The van der Waals surface area contributed by atoms with Crippen LogP contribution >= 0.6 is 0 Å². The van der Waals surface area contributed by atoms with Crippen molar-refractivity contribution in [2.24, 2.45) is 0 Å². The van der Waals surface area contributed by atoms with E-state index in [0.717, 1.165) is 0 Å². The fraction of sp³-hybridized carbons (Fsp3) is 0.182. The Balaban J connectivity index is 3.15. The lowest BCUT2D eigenvalue weighted by atomic mass is 10.1. The molecule has 0 fully saturated rings. The largest absolute Gasteiger partial charge is 0.315 e. The Labute approximate surface area is 93.3 Å². The first-order chi connectivity index (χ1) is 7.57. The van der Waals surface area contributed by atoms with Crippen molar-refractivity contribution in [3.05, 3.63) is 29.8 Å². The summed E-state index contributed by atoms with van der Waals surface area (Å²) in [6.45, 7) is 1.40. The molecule has 0 bridgehead atoms. The number of amides is 2.